The van der Waals surface area contributed by atoms with Crippen LogP contribution in [0.25, 0.3) is 11.3 Å². The largest absolute Gasteiger partial charge is 0.484 e. The molecule has 0 fully saturated rings. The standard InChI is InChI=1S/C21H17N3O2S/c22-11-14-4-8-18(9-5-14)26-12-20(25)24-21-23-19(13-27-21)17-7-6-15-2-1-3-16(15)10-17/h4-10,13H,1-3,12H2,(H,23,24,25). The van der Waals surface area contributed by atoms with Crippen LogP contribution in [0.2, 0.25) is 0 Å². The zero-order valence-corrected chi connectivity index (χ0v) is 15.4. The molecule has 0 aliphatic heterocycles. The van der Waals surface area contributed by atoms with E-state index < -0.39 is 0 Å². The first-order valence-corrected chi connectivity index (χ1v) is 9.60. The molecule has 0 saturated heterocycles. The number of aromatic nitrogens is 1. The molecule has 1 amide bonds. The summed E-state index contributed by atoms with van der Waals surface area (Å²) in [5.74, 6) is 0.274. The molecule has 1 aliphatic carbocycles. The summed E-state index contributed by atoms with van der Waals surface area (Å²) in [5, 5.41) is 14.1. The molecule has 0 radical (unpaired) electrons. The van der Waals surface area contributed by atoms with Crippen LogP contribution in [-0.4, -0.2) is 17.5 Å². The van der Waals surface area contributed by atoms with Gasteiger partial charge in [-0.05, 0) is 60.7 Å². The first kappa shape index (κ1) is 17.3. The monoisotopic (exact) mass is 375 g/mol. The highest BCUT2D eigenvalue weighted by Crippen LogP contribution is 2.30. The predicted molar refractivity (Wildman–Crippen MR) is 105 cm³/mol. The van der Waals surface area contributed by atoms with Crippen molar-refractivity contribution in [1.82, 2.24) is 4.98 Å². The molecule has 5 nitrogen and oxygen atoms in total. The van der Waals surface area contributed by atoms with E-state index in [2.05, 4.69) is 28.5 Å². The van der Waals surface area contributed by atoms with Gasteiger partial charge in [0.1, 0.15) is 5.75 Å². The van der Waals surface area contributed by atoms with Gasteiger partial charge >= 0.3 is 0 Å². The summed E-state index contributed by atoms with van der Waals surface area (Å²) in [6.07, 6.45) is 3.51. The fraction of sp³-hybridized carbons (Fsp3) is 0.190. The number of aryl methyl sites for hydroxylation is 2. The molecule has 6 heteroatoms. The molecule has 0 spiro atoms. The van der Waals surface area contributed by atoms with Gasteiger partial charge in [-0.2, -0.15) is 5.26 Å². The van der Waals surface area contributed by atoms with Crippen LogP contribution in [0.5, 0.6) is 5.75 Å². The van der Waals surface area contributed by atoms with Gasteiger partial charge in [-0.15, -0.1) is 11.3 Å². The Morgan fingerprint density at radius 2 is 2.00 bits per heavy atom. The number of benzene rings is 2. The molecule has 4 rings (SSSR count). The van der Waals surface area contributed by atoms with Gasteiger partial charge < -0.3 is 4.74 Å². The van der Waals surface area contributed by atoms with E-state index in [1.54, 1.807) is 24.3 Å². The lowest BCUT2D eigenvalue weighted by molar-refractivity contribution is -0.118. The minimum absolute atomic E-state index is 0.111. The van der Waals surface area contributed by atoms with Gasteiger partial charge in [-0.25, -0.2) is 4.98 Å². The Bertz CT molecular complexity index is 1020. The van der Waals surface area contributed by atoms with Gasteiger partial charge in [-0.3, -0.25) is 10.1 Å². The summed E-state index contributed by atoms with van der Waals surface area (Å²) < 4.78 is 5.44. The number of hydrogen-bond acceptors (Lipinski definition) is 5. The number of nitrogens with one attached hydrogen (secondary N) is 1. The molecule has 3 aromatic rings. The molecule has 1 aromatic heterocycles. The number of fused-ring (bicyclic) bond motifs is 1. The lowest BCUT2D eigenvalue weighted by Crippen LogP contribution is -2.20. The van der Waals surface area contributed by atoms with E-state index in [1.165, 1.54) is 28.9 Å². The van der Waals surface area contributed by atoms with Crippen LogP contribution in [0, 0.1) is 11.3 Å². The van der Waals surface area contributed by atoms with E-state index >= 15 is 0 Å². The highest BCUT2D eigenvalue weighted by molar-refractivity contribution is 7.14. The maximum Gasteiger partial charge on any atom is 0.264 e. The highest BCUT2D eigenvalue weighted by Gasteiger charge is 2.13. The van der Waals surface area contributed by atoms with Crippen molar-refractivity contribution in [2.75, 3.05) is 11.9 Å². The van der Waals surface area contributed by atoms with Gasteiger partial charge in [0.25, 0.3) is 5.91 Å². The average molecular weight is 375 g/mol. The van der Waals surface area contributed by atoms with E-state index in [9.17, 15) is 4.79 Å². The van der Waals surface area contributed by atoms with Crippen molar-refractivity contribution < 1.29 is 9.53 Å². The third-order valence-corrected chi connectivity index (χ3v) is 5.26. The second-order valence-corrected chi connectivity index (χ2v) is 7.21. The van der Waals surface area contributed by atoms with Crippen molar-refractivity contribution in [1.29, 1.82) is 5.26 Å². The SMILES string of the molecule is N#Cc1ccc(OCC(=O)Nc2nc(-c3ccc4c(c3)CCC4)cs2)cc1. The average Bonchev–Trinajstić information content (AvgIpc) is 3.35. The number of carbonyl (C=O) groups is 1. The lowest BCUT2D eigenvalue weighted by atomic mass is 10.1. The molecule has 0 saturated carbocycles. The van der Waals surface area contributed by atoms with Gasteiger partial charge in [0.05, 0.1) is 17.3 Å². The number of rotatable bonds is 5. The van der Waals surface area contributed by atoms with Crippen molar-refractivity contribution in [2.45, 2.75) is 19.3 Å². The summed E-state index contributed by atoms with van der Waals surface area (Å²) in [6.45, 7) is -0.111. The third kappa shape index (κ3) is 3.99. The predicted octanol–water partition coefficient (Wildman–Crippen LogP) is 4.19. The van der Waals surface area contributed by atoms with Gasteiger partial charge in [0.15, 0.2) is 11.7 Å². The van der Waals surface area contributed by atoms with Gasteiger partial charge in [-0.1, -0.05) is 12.1 Å². The van der Waals surface area contributed by atoms with Crippen molar-refractivity contribution >= 4 is 22.4 Å². The maximum absolute atomic E-state index is 12.1. The van der Waals surface area contributed by atoms with E-state index in [0.717, 1.165) is 24.1 Å². The van der Waals surface area contributed by atoms with Crippen LogP contribution in [-0.2, 0) is 17.6 Å². The second-order valence-electron chi connectivity index (χ2n) is 6.35. The van der Waals surface area contributed by atoms with E-state index in [4.69, 9.17) is 10.00 Å². The smallest absolute Gasteiger partial charge is 0.264 e. The van der Waals surface area contributed by atoms with Crippen molar-refractivity contribution in [2.24, 2.45) is 0 Å². The molecule has 1 aliphatic rings. The summed E-state index contributed by atoms with van der Waals surface area (Å²) in [7, 11) is 0. The van der Waals surface area contributed by atoms with E-state index in [-0.39, 0.29) is 12.5 Å². The van der Waals surface area contributed by atoms with Crippen LogP contribution in [0.4, 0.5) is 5.13 Å². The number of amides is 1. The first-order chi connectivity index (χ1) is 13.2. The Hall–Kier alpha value is -3.17. The normalized spacial score (nSPS) is 12.3. The molecule has 134 valence electrons. The Labute approximate surface area is 161 Å². The molecule has 27 heavy (non-hydrogen) atoms. The summed E-state index contributed by atoms with van der Waals surface area (Å²) in [5.41, 5.74) is 5.34. The minimum atomic E-state index is -0.269. The molecule has 1 N–H and O–H groups in total. The molecule has 0 bridgehead atoms. The van der Waals surface area contributed by atoms with Crippen LogP contribution >= 0.6 is 11.3 Å². The van der Waals surface area contributed by atoms with Crippen LogP contribution < -0.4 is 10.1 Å². The van der Waals surface area contributed by atoms with Crippen molar-refractivity contribution in [3.8, 4) is 23.1 Å². The number of anilines is 1. The maximum atomic E-state index is 12.1. The quantitative estimate of drug-likeness (QED) is 0.726. The Morgan fingerprint density at radius 1 is 1.19 bits per heavy atom. The van der Waals surface area contributed by atoms with Gasteiger partial charge in [0.2, 0.25) is 0 Å². The Balaban J connectivity index is 1.36. The Morgan fingerprint density at radius 3 is 2.81 bits per heavy atom. The molecule has 0 atom stereocenters. The number of hydrogen-bond donors (Lipinski definition) is 1. The number of carbonyl (C=O) groups excluding carboxylic acids is 1. The number of ether oxygens (including phenoxy) is 1. The van der Waals surface area contributed by atoms with Crippen LogP contribution in [0.15, 0.2) is 47.8 Å². The zero-order chi connectivity index (χ0) is 18.6. The van der Waals surface area contributed by atoms with Crippen LogP contribution in [0.1, 0.15) is 23.1 Å². The summed E-state index contributed by atoms with van der Waals surface area (Å²) in [4.78, 5) is 16.6. The first-order valence-electron chi connectivity index (χ1n) is 8.72. The lowest BCUT2D eigenvalue weighted by Gasteiger charge is -2.05. The molecule has 0 unspecified atom stereocenters. The summed E-state index contributed by atoms with van der Waals surface area (Å²) in [6, 6.07) is 15.2. The van der Waals surface area contributed by atoms with E-state index in [1.807, 2.05) is 11.4 Å². The molecular weight excluding hydrogens is 358 g/mol. The second kappa shape index (κ2) is 7.60. The minimum Gasteiger partial charge on any atom is -0.484 e. The summed E-state index contributed by atoms with van der Waals surface area (Å²) >= 11 is 1.40. The fourth-order valence-corrected chi connectivity index (χ4v) is 3.86. The number of nitriles is 1. The molecule has 2 aromatic carbocycles. The highest BCUT2D eigenvalue weighted by atomic mass is 32.1. The van der Waals surface area contributed by atoms with Crippen LogP contribution in [0.3, 0.4) is 0 Å². The number of nitrogens with zero attached hydrogens (tertiary/aromatic N) is 2. The van der Waals surface area contributed by atoms with E-state index in [0.29, 0.717) is 16.4 Å². The molecular formula is C21H17N3O2S. The number of thiazole rings is 1. The fourth-order valence-electron chi connectivity index (χ4n) is 3.12. The zero-order valence-electron chi connectivity index (χ0n) is 14.6. The van der Waals surface area contributed by atoms with Crippen molar-refractivity contribution in [3.05, 3.63) is 64.5 Å². The molecule has 1 heterocycles. The third-order valence-electron chi connectivity index (χ3n) is 4.50. The van der Waals surface area contributed by atoms with Crippen molar-refractivity contribution in [3.63, 3.8) is 0 Å². The topological polar surface area (TPSA) is 75.0 Å². The Kier molecular flexibility index (Phi) is 4.86. The van der Waals surface area contributed by atoms with Gasteiger partial charge in [0, 0.05) is 10.9 Å².